The molecule has 5 atom stereocenters. The summed E-state index contributed by atoms with van der Waals surface area (Å²) in [7, 11) is 0. The molecular weight excluding hydrogens is 436 g/mol. The Kier molecular flexibility index (Phi) is 12.5. The van der Waals surface area contributed by atoms with Crippen LogP contribution in [0.3, 0.4) is 0 Å². The van der Waals surface area contributed by atoms with Crippen LogP contribution < -0.4 is 0 Å². The third-order valence-corrected chi connectivity index (χ3v) is 7.75. The van der Waals surface area contributed by atoms with Crippen LogP contribution in [0, 0.1) is 23.7 Å². The van der Waals surface area contributed by atoms with Crippen molar-refractivity contribution in [1.82, 2.24) is 0 Å². The van der Waals surface area contributed by atoms with Gasteiger partial charge in [-0.1, -0.05) is 101 Å². The Bertz CT molecular complexity index is 986. The molecule has 0 amide bonds. The van der Waals surface area contributed by atoms with Crippen LogP contribution in [-0.4, -0.2) is 11.2 Å². The first kappa shape index (κ1) is 29.9. The third kappa shape index (κ3) is 8.09. The summed E-state index contributed by atoms with van der Waals surface area (Å²) in [5.74, 6) is 2.63. The molecule has 4 aliphatic carbocycles. The summed E-state index contributed by atoms with van der Waals surface area (Å²) < 4.78 is 0. The molecule has 4 aliphatic rings. The first-order valence-corrected chi connectivity index (χ1v) is 14.3. The molecule has 0 aromatic rings. The lowest BCUT2D eigenvalue weighted by atomic mass is 9.83. The third-order valence-electron chi connectivity index (χ3n) is 7.75. The molecular formula is C35H50O. The number of aliphatic hydroxyl groups excluding tert-OH is 1. The molecule has 4 rings (SSSR count). The fourth-order valence-corrected chi connectivity index (χ4v) is 5.72. The van der Waals surface area contributed by atoms with E-state index in [1.807, 2.05) is 26.8 Å². The maximum Gasteiger partial charge on any atom is 0.0543 e. The van der Waals surface area contributed by atoms with Gasteiger partial charge < -0.3 is 5.11 Å². The highest BCUT2D eigenvalue weighted by atomic mass is 16.3. The van der Waals surface area contributed by atoms with E-state index in [9.17, 15) is 5.11 Å². The average molecular weight is 487 g/mol. The topological polar surface area (TPSA) is 20.2 Å². The number of hydrogen-bond acceptors (Lipinski definition) is 1. The Morgan fingerprint density at radius 2 is 1.94 bits per heavy atom. The van der Waals surface area contributed by atoms with Gasteiger partial charge in [0.25, 0.3) is 0 Å². The highest BCUT2D eigenvalue weighted by Crippen LogP contribution is 2.51. The smallest absolute Gasteiger partial charge is 0.0543 e. The molecule has 0 aliphatic heterocycles. The lowest BCUT2D eigenvalue weighted by Crippen LogP contribution is -2.14. The van der Waals surface area contributed by atoms with Crippen molar-refractivity contribution < 1.29 is 5.11 Å². The van der Waals surface area contributed by atoms with Gasteiger partial charge in [-0.3, -0.25) is 0 Å². The van der Waals surface area contributed by atoms with Crippen molar-refractivity contribution in [3.05, 3.63) is 101 Å². The number of aliphatic hydroxyl groups is 1. The maximum atomic E-state index is 9.64. The SMILES string of the molecule is C=C=C(C1=CC2CC2C(CC)=C1)C1C=CC=CCC1.C=CC1=C(C)CC(CC(O)CC)C=C1C.CC. The molecule has 1 heteroatoms. The zero-order chi connectivity index (χ0) is 26.7. The predicted octanol–water partition coefficient (Wildman–Crippen LogP) is 9.77. The summed E-state index contributed by atoms with van der Waals surface area (Å²) in [6, 6.07) is 0. The minimum atomic E-state index is -0.155. The number of rotatable bonds is 7. The van der Waals surface area contributed by atoms with Crippen molar-refractivity contribution in [2.45, 2.75) is 92.6 Å². The second-order valence-electron chi connectivity index (χ2n) is 10.3. The summed E-state index contributed by atoms with van der Waals surface area (Å²) in [6.45, 7) is 20.4. The monoisotopic (exact) mass is 486 g/mol. The van der Waals surface area contributed by atoms with Crippen molar-refractivity contribution in [3.63, 3.8) is 0 Å². The van der Waals surface area contributed by atoms with E-state index in [1.54, 1.807) is 5.57 Å². The van der Waals surface area contributed by atoms with E-state index in [-0.39, 0.29) is 6.10 Å². The molecule has 0 heterocycles. The first-order valence-electron chi connectivity index (χ1n) is 14.3. The van der Waals surface area contributed by atoms with Crippen molar-refractivity contribution in [2.24, 2.45) is 23.7 Å². The molecule has 196 valence electrons. The molecule has 0 saturated heterocycles. The van der Waals surface area contributed by atoms with Crippen LogP contribution >= 0.6 is 0 Å². The molecule has 5 unspecified atom stereocenters. The highest BCUT2D eigenvalue weighted by molar-refractivity contribution is 5.49. The lowest BCUT2D eigenvalue weighted by Gasteiger charge is -2.24. The summed E-state index contributed by atoms with van der Waals surface area (Å²) in [5, 5.41) is 9.64. The van der Waals surface area contributed by atoms with Gasteiger partial charge >= 0.3 is 0 Å². The summed E-state index contributed by atoms with van der Waals surface area (Å²) in [6.07, 6.45) is 25.5. The Morgan fingerprint density at radius 1 is 1.19 bits per heavy atom. The Balaban J connectivity index is 0.000000244. The minimum Gasteiger partial charge on any atom is -0.393 e. The van der Waals surface area contributed by atoms with Gasteiger partial charge in [-0.25, -0.2) is 0 Å². The van der Waals surface area contributed by atoms with Gasteiger partial charge in [0.1, 0.15) is 0 Å². The quantitative estimate of drug-likeness (QED) is 0.355. The average Bonchev–Trinajstić information content (AvgIpc) is 3.70. The predicted molar refractivity (Wildman–Crippen MR) is 159 cm³/mol. The number of hydrogen-bond donors (Lipinski definition) is 1. The van der Waals surface area contributed by atoms with E-state index in [4.69, 9.17) is 0 Å². The standard InChI is InChI=1S/C19H22.C14H22O.C2H6/c1-3-14-11-16(12-17-13-19(14)17)18(4-2)15-9-7-5-6-8-10-15;1-5-13(15)9-12-7-10(3)14(6-2)11(4)8-12;1-2/h5-7,9,11-12,15,17,19H,2-3,8,10,13H2,1H3;6-7,12-13,15H,2,5,8-9H2,1,3-4H3;1-2H3. The Hall–Kier alpha value is -2.34. The number of allylic oxidation sites excluding steroid dienone is 14. The van der Waals surface area contributed by atoms with E-state index >= 15 is 0 Å². The van der Waals surface area contributed by atoms with Crippen LogP contribution in [0.1, 0.15) is 86.5 Å². The second-order valence-corrected chi connectivity index (χ2v) is 10.3. The van der Waals surface area contributed by atoms with E-state index in [0.717, 1.165) is 37.5 Å². The van der Waals surface area contributed by atoms with E-state index in [2.05, 4.69) is 82.2 Å². The molecule has 1 N–H and O–H groups in total. The second kappa shape index (κ2) is 15.0. The van der Waals surface area contributed by atoms with Crippen molar-refractivity contribution >= 4 is 0 Å². The van der Waals surface area contributed by atoms with Crippen molar-refractivity contribution in [2.75, 3.05) is 0 Å². The van der Waals surface area contributed by atoms with Crippen LogP contribution in [0.25, 0.3) is 0 Å². The van der Waals surface area contributed by atoms with Gasteiger partial charge in [-0.2, -0.15) is 0 Å². The van der Waals surface area contributed by atoms with Gasteiger partial charge in [0.2, 0.25) is 0 Å². The molecule has 36 heavy (non-hydrogen) atoms. The Morgan fingerprint density at radius 3 is 2.56 bits per heavy atom. The highest BCUT2D eigenvalue weighted by Gasteiger charge is 2.40. The van der Waals surface area contributed by atoms with E-state index < -0.39 is 0 Å². The Labute approximate surface area is 222 Å². The molecule has 0 bridgehead atoms. The van der Waals surface area contributed by atoms with Crippen LogP contribution in [0.4, 0.5) is 0 Å². The zero-order valence-corrected chi connectivity index (χ0v) is 23.8. The van der Waals surface area contributed by atoms with Crippen molar-refractivity contribution in [3.8, 4) is 0 Å². The fourth-order valence-electron chi connectivity index (χ4n) is 5.72. The van der Waals surface area contributed by atoms with Crippen molar-refractivity contribution in [1.29, 1.82) is 0 Å². The molecule has 0 aromatic heterocycles. The molecule has 1 nitrogen and oxygen atoms in total. The van der Waals surface area contributed by atoms with Gasteiger partial charge in [-0.15, -0.1) is 5.73 Å². The maximum absolute atomic E-state index is 9.64. The van der Waals surface area contributed by atoms with E-state index in [0.29, 0.717) is 11.8 Å². The zero-order valence-electron chi connectivity index (χ0n) is 23.8. The van der Waals surface area contributed by atoms with Gasteiger partial charge in [0.15, 0.2) is 0 Å². The van der Waals surface area contributed by atoms with E-state index in [1.165, 1.54) is 47.1 Å². The van der Waals surface area contributed by atoms with Crippen LogP contribution in [0.2, 0.25) is 0 Å². The van der Waals surface area contributed by atoms with Crippen LogP contribution in [0.5, 0.6) is 0 Å². The van der Waals surface area contributed by atoms with Crippen LogP contribution in [-0.2, 0) is 0 Å². The summed E-state index contributed by atoms with van der Waals surface area (Å²) in [4.78, 5) is 0. The first-order chi connectivity index (χ1) is 17.4. The lowest BCUT2D eigenvalue weighted by molar-refractivity contribution is 0.146. The molecule has 0 spiro atoms. The fraction of sp³-hybridized carbons (Fsp3) is 0.514. The molecule has 0 aromatic carbocycles. The molecule has 1 saturated carbocycles. The van der Waals surface area contributed by atoms with Crippen LogP contribution in [0.15, 0.2) is 101 Å². The van der Waals surface area contributed by atoms with Gasteiger partial charge in [-0.05, 0) is 93.3 Å². The van der Waals surface area contributed by atoms with Gasteiger partial charge in [0.05, 0.1) is 6.10 Å². The number of fused-ring (bicyclic) bond motifs is 1. The molecule has 0 radical (unpaired) electrons. The normalized spacial score (nSPS) is 26.8. The summed E-state index contributed by atoms with van der Waals surface area (Å²) in [5.41, 5.74) is 11.5. The molecule has 1 fully saturated rings. The summed E-state index contributed by atoms with van der Waals surface area (Å²) >= 11 is 0. The minimum absolute atomic E-state index is 0.155. The van der Waals surface area contributed by atoms with Gasteiger partial charge in [0, 0.05) is 11.5 Å². The largest absolute Gasteiger partial charge is 0.393 e.